The number of thiophene rings is 2. The summed E-state index contributed by atoms with van der Waals surface area (Å²) >= 11 is 3.16. The molecule has 2 aromatic heterocycles. The average Bonchev–Trinajstić information content (AvgIpc) is 3.26. The number of benzene rings is 2. The van der Waals surface area contributed by atoms with Crippen LogP contribution in [-0.4, -0.2) is 37.4 Å². The number of anilines is 1. The number of fused-ring (bicyclic) bond motifs is 3. The summed E-state index contributed by atoms with van der Waals surface area (Å²) in [6.07, 6.45) is 0. The van der Waals surface area contributed by atoms with E-state index in [0.29, 0.717) is 10.6 Å². The molecule has 0 aliphatic carbocycles. The van der Waals surface area contributed by atoms with Gasteiger partial charge in [-0.1, -0.05) is 18.2 Å². The Balaban J connectivity index is 1.45. The number of amides is 2. The molecule has 4 aromatic rings. The molecule has 2 heterocycles. The van der Waals surface area contributed by atoms with Crippen LogP contribution in [0.1, 0.15) is 9.67 Å². The second-order valence-corrected chi connectivity index (χ2v) is 8.48. The van der Waals surface area contributed by atoms with Crippen molar-refractivity contribution < 1.29 is 14.3 Å². The molecule has 0 atom stereocenters. The van der Waals surface area contributed by atoms with Gasteiger partial charge in [0.25, 0.3) is 5.91 Å². The molecule has 0 radical (unpaired) electrons. The van der Waals surface area contributed by atoms with Gasteiger partial charge in [0.1, 0.15) is 5.75 Å². The number of ether oxygens (including phenoxy) is 1. The zero-order valence-corrected chi connectivity index (χ0v) is 17.0. The van der Waals surface area contributed by atoms with E-state index < -0.39 is 0 Å². The van der Waals surface area contributed by atoms with E-state index in [-0.39, 0.29) is 18.4 Å². The molecule has 0 saturated carbocycles. The van der Waals surface area contributed by atoms with Crippen molar-refractivity contribution in [2.24, 2.45) is 0 Å². The first-order valence-corrected chi connectivity index (χ1v) is 10.3. The van der Waals surface area contributed by atoms with Gasteiger partial charge in [-0.2, -0.15) is 0 Å². The minimum absolute atomic E-state index is 0.0167. The van der Waals surface area contributed by atoms with Gasteiger partial charge in [0.15, 0.2) is 0 Å². The Morgan fingerprint density at radius 3 is 2.54 bits per heavy atom. The summed E-state index contributed by atoms with van der Waals surface area (Å²) in [6, 6.07) is 17.2. The van der Waals surface area contributed by atoms with E-state index in [1.54, 1.807) is 49.8 Å². The van der Waals surface area contributed by atoms with Crippen molar-refractivity contribution in [1.82, 2.24) is 4.90 Å². The highest BCUT2D eigenvalue weighted by Gasteiger charge is 2.19. The summed E-state index contributed by atoms with van der Waals surface area (Å²) in [5.41, 5.74) is 0.662. The molecule has 1 N–H and O–H groups in total. The monoisotopic (exact) mass is 410 g/mol. The summed E-state index contributed by atoms with van der Waals surface area (Å²) in [4.78, 5) is 27.1. The molecule has 0 saturated heterocycles. The van der Waals surface area contributed by atoms with Crippen LogP contribution in [0.4, 0.5) is 5.69 Å². The van der Waals surface area contributed by atoms with Crippen molar-refractivity contribution in [3.63, 3.8) is 0 Å². The number of methoxy groups -OCH3 is 1. The van der Waals surface area contributed by atoms with Crippen molar-refractivity contribution in [1.29, 1.82) is 0 Å². The lowest BCUT2D eigenvalue weighted by molar-refractivity contribution is -0.116. The van der Waals surface area contributed by atoms with Gasteiger partial charge in [-0.15, -0.1) is 22.7 Å². The van der Waals surface area contributed by atoms with E-state index >= 15 is 0 Å². The van der Waals surface area contributed by atoms with Crippen LogP contribution in [0.2, 0.25) is 0 Å². The first-order valence-electron chi connectivity index (χ1n) is 8.65. The zero-order chi connectivity index (χ0) is 19.7. The van der Waals surface area contributed by atoms with Gasteiger partial charge in [0.2, 0.25) is 5.91 Å². The van der Waals surface area contributed by atoms with Crippen LogP contribution in [0.25, 0.3) is 19.5 Å². The van der Waals surface area contributed by atoms with Crippen molar-refractivity contribution in [3.8, 4) is 5.75 Å². The molecule has 5 nitrogen and oxygen atoms in total. The lowest BCUT2D eigenvalue weighted by Gasteiger charge is -2.16. The van der Waals surface area contributed by atoms with E-state index in [4.69, 9.17) is 4.74 Å². The van der Waals surface area contributed by atoms with E-state index in [9.17, 15) is 9.59 Å². The largest absolute Gasteiger partial charge is 0.497 e. The first kappa shape index (κ1) is 18.5. The van der Waals surface area contributed by atoms with Gasteiger partial charge < -0.3 is 15.0 Å². The Morgan fingerprint density at radius 2 is 1.79 bits per heavy atom. The number of nitrogens with one attached hydrogen (secondary N) is 1. The lowest BCUT2D eigenvalue weighted by atomic mass is 10.2. The maximum atomic E-state index is 12.8. The summed E-state index contributed by atoms with van der Waals surface area (Å²) in [6.45, 7) is -0.0167. The third-order valence-electron chi connectivity index (χ3n) is 4.36. The Bertz CT molecular complexity index is 1160. The molecule has 0 aliphatic rings. The fraction of sp³-hybridized carbons (Fsp3) is 0.143. The topological polar surface area (TPSA) is 58.6 Å². The molecular weight excluding hydrogens is 392 g/mol. The minimum Gasteiger partial charge on any atom is -0.497 e. The van der Waals surface area contributed by atoms with E-state index in [0.717, 1.165) is 15.1 Å². The number of hydrogen-bond donors (Lipinski definition) is 1. The van der Waals surface area contributed by atoms with Gasteiger partial charge in [-0.05, 0) is 36.4 Å². The van der Waals surface area contributed by atoms with Gasteiger partial charge in [-0.25, -0.2) is 0 Å². The molecular formula is C21H18N2O3S2. The van der Waals surface area contributed by atoms with Gasteiger partial charge in [0.05, 0.1) is 23.2 Å². The Hall–Kier alpha value is -2.90. The standard InChI is InChI=1S/C21H18N2O3S2/c1-23(12-19(24)22-13-7-9-14(26-2)10-8-13)21(25)18-11-17-20(28-18)15-5-3-4-6-16(15)27-17/h3-11H,12H2,1-2H3,(H,22,24). The van der Waals surface area contributed by atoms with Crippen molar-refractivity contribution >= 4 is 59.7 Å². The molecule has 0 spiro atoms. The minimum atomic E-state index is -0.246. The van der Waals surface area contributed by atoms with Crippen LogP contribution < -0.4 is 10.1 Å². The number of nitrogens with zero attached hydrogens (tertiary/aromatic N) is 1. The molecule has 28 heavy (non-hydrogen) atoms. The zero-order valence-electron chi connectivity index (χ0n) is 15.4. The highest BCUT2D eigenvalue weighted by atomic mass is 32.1. The van der Waals surface area contributed by atoms with Crippen LogP contribution in [0.5, 0.6) is 5.75 Å². The number of hydrogen-bond acceptors (Lipinski definition) is 5. The predicted molar refractivity (Wildman–Crippen MR) is 116 cm³/mol. The van der Waals surface area contributed by atoms with Crippen LogP contribution >= 0.6 is 22.7 Å². The maximum Gasteiger partial charge on any atom is 0.264 e. The molecule has 0 unspecified atom stereocenters. The third kappa shape index (κ3) is 3.58. The van der Waals surface area contributed by atoms with Crippen LogP contribution in [0.15, 0.2) is 54.6 Å². The second-order valence-electron chi connectivity index (χ2n) is 6.34. The Morgan fingerprint density at radius 1 is 1.04 bits per heavy atom. The quantitative estimate of drug-likeness (QED) is 0.512. The number of likely N-dealkylation sites (N-methyl/N-ethyl adjacent to an activating group) is 1. The Kier molecular flexibility index (Phi) is 5.02. The lowest BCUT2D eigenvalue weighted by Crippen LogP contribution is -2.34. The molecule has 0 bridgehead atoms. The molecule has 0 aliphatic heterocycles. The van der Waals surface area contributed by atoms with Crippen molar-refractivity contribution in [3.05, 3.63) is 59.5 Å². The van der Waals surface area contributed by atoms with Crippen molar-refractivity contribution in [2.45, 2.75) is 0 Å². The fourth-order valence-corrected chi connectivity index (χ4v) is 5.47. The van der Waals surface area contributed by atoms with E-state index in [1.807, 2.05) is 18.2 Å². The summed E-state index contributed by atoms with van der Waals surface area (Å²) in [5, 5.41) is 3.97. The van der Waals surface area contributed by atoms with Crippen LogP contribution in [0, 0.1) is 0 Å². The molecule has 7 heteroatoms. The summed E-state index contributed by atoms with van der Waals surface area (Å²) < 4.78 is 8.55. The third-order valence-corrected chi connectivity index (χ3v) is 6.76. The molecule has 142 valence electrons. The van der Waals surface area contributed by atoms with E-state index in [1.165, 1.54) is 26.3 Å². The van der Waals surface area contributed by atoms with Gasteiger partial charge >= 0.3 is 0 Å². The van der Waals surface area contributed by atoms with E-state index in [2.05, 4.69) is 17.4 Å². The smallest absolute Gasteiger partial charge is 0.264 e. The van der Waals surface area contributed by atoms with Crippen LogP contribution in [-0.2, 0) is 4.79 Å². The molecule has 0 fully saturated rings. The van der Waals surface area contributed by atoms with Crippen LogP contribution in [0.3, 0.4) is 0 Å². The predicted octanol–water partition coefficient (Wildman–Crippen LogP) is 4.84. The summed E-state index contributed by atoms with van der Waals surface area (Å²) in [7, 11) is 3.23. The number of rotatable bonds is 5. The number of carbonyl (C=O) groups is 2. The normalized spacial score (nSPS) is 10.9. The average molecular weight is 411 g/mol. The molecule has 2 amide bonds. The highest BCUT2D eigenvalue weighted by molar-refractivity contribution is 7.33. The Labute approximate surface area is 170 Å². The highest BCUT2D eigenvalue weighted by Crippen LogP contribution is 2.39. The molecule has 2 aromatic carbocycles. The number of carbonyl (C=O) groups excluding carboxylic acids is 2. The van der Waals surface area contributed by atoms with Gasteiger partial charge in [-0.3, -0.25) is 9.59 Å². The fourth-order valence-electron chi connectivity index (χ4n) is 2.96. The first-order chi connectivity index (χ1) is 13.5. The molecule has 4 rings (SSSR count). The van der Waals surface area contributed by atoms with Crippen molar-refractivity contribution in [2.75, 3.05) is 26.0 Å². The SMILES string of the molecule is COc1ccc(NC(=O)CN(C)C(=O)c2cc3sc4ccccc4c3s2)cc1. The maximum absolute atomic E-state index is 12.8. The summed E-state index contributed by atoms with van der Waals surface area (Å²) in [5.74, 6) is 0.322. The second kappa shape index (κ2) is 7.61. The van der Waals surface area contributed by atoms with Gasteiger partial charge in [0, 0.05) is 27.5 Å².